The lowest BCUT2D eigenvalue weighted by molar-refractivity contribution is -0.123. The van der Waals surface area contributed by atoms with E-state index in [1.54, 1.807) is 12.1 Å². The molecule has 2 aromatic carbocycles. The van der Waals surface area contributed by atoms with Gasteiger partial charge in [-0.15, -0.1) is 0 Å². The van der Waals surface area contributed by atoms with Gasteiger partial charge in [-0.3, -0.25) is 14.5 Å². The van der Waals surface area contributed by atoms with E-state index < -0.39 is 11.7 Å². The van der Waals surface area contributed by atoms with Crippen LogP contribution < -0.4 is 0 Å². The van der Waals surface area contributed by atoms with Crippen LogP contribution in [0.15, 0.2) is 51.8 Å². The standard InChI is InChI=1S/C17H10BrFINO2S/c18-12-3-6-14(19)11(7-12)8-15-16(22)21(17(23)24-15)9-10-1-4-13(20)5-2-10/h1-8H,9H2/b15-8-. The highest BCUT2D eigenvalue weighted by atomic mass is 127. The Labute approximate surface area is 164 Å². The van der Waals surface area contributed by atoms with Gasteiger partial charge in [-0.05, 0) is 76.3 Å². The molecule has 0 saturated carbocycles. The molecule has 0 N–H and O–H groups in total. The zero-order chi connectivity index (χ0) is 17.3. The van der Waals surface area contributed by atoms with Gasteiger partial charge in [0.2, 0.25) is 0 Å². The molecule has 3 nitrogen and oxygen atoms in total. The fraction of sp³-hybridized carbons (Fsp3) is 0.0588. The van der Waals surface area contributed by atoms with Gasteiger partial charge in [-0.1, -0.05) is 28.1 Å². The second kappa shape index (κ2) is 7.37. The van der Waals surface area contributed by atoms with Crippen molar-refractivity contribution in [3.8, 4) is 0 Å². The van der Waals surface area contributed by atoms with E-state index in [0.717, 1.165) is 20.9 Å². The number of rotatable bonds is 3. The second-order valence-electron chi connectivity index (χ2n) is 5.06. The summed E-state index contributed by atoms with van der Waals surface area (Å²) in [5.74, 6) is -0.842. The SMILES string of the molecule is O=C1S/C(=C\c2cc(Br)ccc2F)C(=O)N1Cc1ccc(I)cc1. The maximum absolute atomic E-state index is 13.8. The highest BCUT2D eigenvalue weighted by molar-refractivity contribution is 14.1. The molecule has 1 aliphatic heterocycles. The van der Waals surface area contributed by atoms with Crippen molar-refractivity contribution in [2.24, 2.45) is 0 Å². The summed E-state index contributed by atoms with van der Waals surface area (Å²) in [7, 11) is 0. The van der Waals surface area contributed by atoms with Crippen LogP contribution in [0.5, 0.6) is 0 Å². The number of nitrogens with zero attached hydrogens (tertiary/aromatic N) is 1. The minimum absolute atomic E-state index is 0.208. The first-order valence-corrected chi connectivity index (χ1v) is 9.58. The lowest BCUT2D eigenvalue weighted by Crippen LogP contribution is -2.27. The molecule has 2 amide bonds. The molecular formula is C17H10BrFINO2S. The number of thioether (sulfide) groups is 1. The van der Waals surface area contributed by atoms with Crippen molar-refractivity contribution in [1.29, 1.82) is 0 Å². The number of amides is 2. The molecular weight excluding hydrogens is 508 g/mol. The molecule has 1 fully saturated rings. The van der Waals surface area contributed by atoms with Crippen molar-refractivity contribution in [1.82, 2.24) is 4.90 Å². The zero-order valence-electron chi connectivity index (χ0n) is 12.1. The van der Waals surface area contributed by atoms with Crippen molar-refractivity contribution < 1.29 is 14.0 Å². The van der Waals surface area contributed by atoms with Crippen LogP contribution in [-0.4, -0.2) is 16.0 Å². The van der Waals surface area contributed by atoms with Crippen molar-refractivity contribution in [3.05, 3.63) is 72.4 Å². The fourth-order valence-electron chi connectivity index (χ4n) is 2.18. The van der Waals surface area contributed by atoms with E-state index in [9.17, 15) is 14.0 Å². The Morgan fingerprint density at radius 3 is 2.58 bits per heavy atom. The third-order valence-corrected chi connectivity index (χ3v) is 5.49. The van der Waals surface area contributed by atoms with Gasteiger partial charge in [-0.25, -0.2) is 4.39 Å². The van der Waals surface area contributed by atoms with Gasteiger partial charge in [0.1, 0.15) is 5.82 Å². The number of carbonyl (C=O) groups is 2. The minimum atomic E-state index is -0.442. The van der Waals surface area contributed by atoms with Crippen LogP contribution >= 0.6 is 50.3 Å². The topological polar surface area (TPSA) is 37.4 Å². The van der Waals surface area contributed by atoms with Crippen LogP contribution in [0.25, 0.3) is 6.08 Å². The van der Waals surface area contributed by atoms with Crippen molar-refractivity contribution in [2.75, 3.05) is 0 Å². The average molecular weight is 518 g/mol. The second-order valence-corrected chi connectivity index (χ2v) is 8.21. The minimum Gasteiger partial charge on any atom is -0.268 e. The molecule has 0 aliphatic carbocycles. The molecule has 3 rings (SSSR count). The molecule has 122 valence electrons. The molecule has 24 heavy (non-hydrogen) atoms. The zero-order valence-corrected chi connectivity index (χ0v) is 16.7. The lowest BCUT2D eigenvalue weighted by Gasteiger charge is -2.12. The van der Waals surface area contributed by atoms with Crippen LogP contribution in [0.1, 0.15) is 11.1 Å². The van der Waals surface area contributed by atoms with Crippen LogP contribution in [-0.2, 0) is 11.3 Å². The van der Waals surface area contributed by atoms with Gasteiger partial charge >= 0.3 is 0 Å². The summed E-state index contributed by atoms with van der Waals surface area (Å²) in [6.45, 7) is 0.208. The summed E-state index contributed by atoms with van der Waals surface area (Å²) in [5, 5.41) is -0.347. The third-order valence-electron chi connectivity index (χ3n) is 3.37. The van der Waals surface area contributed by atoms with E-state index in [4.69, 9.17) is 0 Å². The van der Waals surface area contributed by atoms with E-state index in [1.165, 1.54) is 17.0 Å². The van der Waals surface area contributed by atoms with Crippen molar-refractivity contribution >= 4 is 67.5 Å². The highest BCUT2D eigenvalue weighted by Gasteiger charge is 2.35. The highest BCUT2D eigenvalue weighted by Crippen LogP contribution is 2.34. The Balaban J connectivity index is 1.84. The Kier molecular flexibility index (Phi) is 5.41. The summed E-state index contributed by atoms with van der Waals surface area (Å²) in [6, 6.07) is 12.1. The molecule has 1 aliphatic rings. The van der Waals surface area contributed by atoms with Gasteiger partial charge in [-0.2, -0.15) is 0 Å². The maximum atomic E-state index is 13.8. The Bertz CT molecular complexity index is 854. The monoisotopic (exact) mass is 517 g/mol. The smallest absolute Gasteiger partial charge is 0.268 e. The van der Waals surface area contributed by atoms with E-state index in [0.29, 0.717) is 4.47 Å². The van der Waals surface area contributed by atoms with E-state index in [1.807, 2.05) is 24.3 Å². The summed E-state index contributed by atoms with van der Waals surface area (Å²) in [6.07, 6.45) is 1.42. The number of benzene rings is 2. The third kappa shape index (κ3) is 3.89. The van der Waals surface area contributed by atoms with Crippen LogP contribution in [0, 0.1) is 9.39 Å². The van der Waals surface area contributed by atoms with Gasteiger partial charge < -0.3 is 0 Å². The van der Waals surface area contributed by atoms with Gasteiger partial charge in [0.25, 0.3) is 11.1 Å². The van der Waals surface area contributed by atoms with E-state index in [-0.39, 0.29) is 22.3 Å². The summed E-state index contributed by atoms with van der Waals surface area (Å²) in [5.41, 5.74) is 1.14. The number of carbonyl (C=O) groups excluding carboxylic acids is 2. The fourth-order valence-corrected chi connectivity index (χ4v) is 3.74. The summed E-state index contributed by atoms with van der Waals surface area (Å²) < 4.78 is 15.6. The van der Waals surface area contributed by atoms with Crippen molar-refractivity contribution in [3.63, 3.8) is 0 Å². The molecule has 7 heteroatoms. The first-order chi connectivity index (χ1) is 11.4. The van der Waals surface area contributed by atoms with Crippen LogP contribution in [0.3, 0.4) is 0 Å². The molecule has 0 spiro atoms. The Morgan fingerprint density at radius 2 is 1.88 bits per heavy atom. The maximum Gasteiger partial charge on any atom is 0.293 e. The molecule has 0 bridgehead atoms. The lowest BCUT2D eigenvalue weighted by atomic mass is 10.2. The Morgan fingerprint density at radius 1 is 1.17 bits per heavy atom. The molecule has 2 aromatic rings. The van der Waals surface area contributed by atoms with E-state index in [2.05, 4.69) is 38.5 Å². The number of hydrogen-bond donors (Lipinski definition) is 0. The summed E-state index contributed by atoms with van der Waals surface area (Å²) in [4.78, 5) is 26.0. The average Bonchev–Trinajstić information content (AvgIpc) is 2.80. The van der Waals surface area contributed by atoms with Gasteiger partial charge in [0, 0.05) is 13.6 Å². The van der Waals surface area contributed by atoms with E-state index >= 15 is 0 Å². The quantitative estimate of drug-likeness (QED) is 0.402. The normalized spacial score (nSPS) is 16.3. The molecule has 0 atom stereocenters. The largest absolute Gasteiger partial charge is 0.293 e. The number of halogens is 3. The van der Waals surface area contributed by atoms with Gasteiger partial charge in [0.15, 0.2) is 0 Å². The molecule has 0 aromatic heterocycles. The molecule has 0 radical (unpaired) electrons. The first kappa shape index (κ1) is 17.6. The molecule has 1 heterocycles. The summed E-state index contributed by atoms with van der Waals surface area (Å²) >= 11 is 6.29. The predicted molar refractivity (Wildman–Crippen MR) is 105 cm³/mol. The predicted octanol–water partition coefficient (Wildman–Crippen LogP) is 5.43. The van der Waals surface area contributed by atoms with Crippen molar-refractivity contribution in [2.45, 2.75) is 6.54 Å². The molecule has 0 unspecified atom stereocenters. The number of imide groups is 1. The Hall–Kier alpha value is -1.19. The molecule has 1 saturated heterocycles. The van der Waals surface area contributed by atoms with Crippen LogP contribution in [0.2, 0.25) is 0 Å². The number of hydrogen-bond acceptors (Lipinski definition) is 3. The van der Waals surface area contributed by atoms with Crippen LogP contribution in [0.4, 0.5) is 9.18 Å². The van der Waals surface area contributed by atoms with Gasteiger partial charge in [0.05, 0.1) is 11.4 Å². The first-order valence-electron chi connectivity index (χ1n) is 6.89.